The van der Waals surface area contributed by atoms with Gasteiger partial charge in [-0.15, -0.1) is 0 Å². The van der Waals surface area contributed by atoms with E-state index in [0.29, 0.717) is 0 Å². The van der Waals surface area contributed by atoms with Gasteiger partial charge in [-0.05, 0) is 27.8 Å². The lowest BCUT2D eigenvalue weighted by Gasteiger charge is -2.27. The highest BCUT2D eigenvalue weighted by Crippen LogP contribution is 2.14. The van der Waals surface area contributed by atoms with Crippen molar-refractivity contribution in [1.29, 1.82) is 0 Å². The number of rotatable bonds is 0. The molecule has 1 aliphatic rings. The summed E-state index contributed by atoms with van der Waals surface area (Å²) in [6.45, 7) is 7.87. The smallest absolute Gasteiger partial charge is 0.0618 e. The maximum Gasteiger partial charge on any atom is 0.0618 e. The van der Waals surface area contributed by atoms with Gasteiger partial charge in [-0.1, -0.05) is 0 Å². The van der Waals surface area contributed by atoms with E-state index in [-0.39, 0.29) is 5.54 Å². The Bertz CT molecular complexity index is 270. The molecule has 1 heterocycles. The molecule has 0 amide bonds. The molecule has 1 saturated heterocycles. The molecular formula is C9H20N2OS. The van der Waals surface area contributed by atoms with Crippen molar-refractivity contribution >= 4 is 9.73 Å². The van der Waals surface area contributed by atoms with E-state index < -0.39 is 9.73 Å². The van der Waals surface area contributed by atoms with Crippen molar-refractivity contribution in [3.8, 4) is 0 Å². The summed E-state index contributed by atoms with van der Waals surface area (Å²) >= 11 is 0. The summed E-state index contributed by atoms with van der Waals surface area (Å²) in [5, 5.41) is 0. The fourth-order valence-corrected chi connectivity index (χ4v) is 3.98. The third kappa shape index (κ3) is 3.65. The minimum Gasteiger partial charge on any atom is -0.304 e. The van der Waals surface area contributed by atoms with Crippen molar-refractivity contribution in [2.45, 2.75) is 26.3 Å². The second-order valence-electron chi connectivity index (χ2n) is 4.75. The van der Waals surface area contributed by atoms with Gasteiger partial charge in [-0.2, -0.15) is 0 Å². The summed E-state index contributed by atoms with van der Waals surface area (Å²) in [5.41, 5.74) is -0.160. The molecule has 0 bridgehead atoms. The minimum atomic E-state index is -1.90. The lowest BCUT2D eigenvalue weighted by atomic mass is 10.1. The summed E-state index contributed by atoms with van der Waals surface area (Å²) in [6.07, 6.45) is 0. The molecule has 1 rings (SSSR count). The minimum absolute atomic E-state index is 0.160. The maximum absolute atomic E-state index is 12.2. The van der Waals surface area contributed by atoms with Gasteiger partial charge in [0.15, 0.2) is 0 Å². The van der Waals surface area contributed by atoms with Crippen LogP contribution in [0.5, 0.6) is 0 Å². The first-order valence-electron chi connectivity index (χ1n) is 4.73. The average Bonchev–Trinajstić information content (AvgIpc) is 1.92. The van der Waals surface area contributed by atoms with Crippen LogP contribution in [0.3, 0.4) is 0 Å². The second kappa shape index (κ2) is 3.58. The molecule has 0 spiro atoms. The fourth-order valence-electron chi connectivity index (χ4n) is 1.40. The molecule has 0 unspecified atom stereocenters. The Hall–Kier alpha value is -0.0900. The van der Waals surface area contributed by atoms with E-state index in [4.69, 9.17) is 0 Å². The first-order valence-corrected chi connectivity index (χ1v) is 6.58. The highest BCUT2D eigenvalue weighted by Gasteiger charge is 2.20. The third-order valence-electron chi connectivity index (χ3n) is 2.02. The van der Waals surface area contributed by atoms with Crippen molar-refractivity contribution in [2.24, 2.45) is 4.36 Å². The van der Waals surface area contributed by atoms with Crippen LogP contribution in [0.15, 0.2) is 4.36 Å². The molecule has 0 N–H and O–H groups in total. The number of hydrogen-bond donors (Lipinski definition) is 0. The van der Waals surface area contributed by atoms with E-state index in [1.165, 1.54) is 0 Å². The van der Waals surface area contributed by atoms with Gasteiger partial charge in [0.05, 0.1) is 5.54 Å². The van der Waals surface area contributed by atoms with Crippen molar-refractivity contribution < 1.29 is 4.21 Å². The molecule has 78 valence electrons. The van der Waals surface area contributed by atoms with Gasteiger partial charge in [0.2, 0.25) is 0 Å². The van der Waals surface area contributed by atoms with Crippen LogP contribution in [-0.4, -0.2) is 46.3 Å². The Kier molecular flexibility index (Phi) is 3.02. The normalized spacial score (nSPS) is 24.3. The molecule has 13 heavy (non-hydrogen) atoms. The predicted octanol–water partition coefficient (Wildman–Crippen LogP) is 1.20. The summed E-state index contributed by atoms with van der Waals surface area (Å²) in [6, 6.07) is 0. The summed E-state index contributed by atoms with van der Waals surface area (Å²) in [5.74, 6) is 1.47. The van der Waals surface area contributed by atoms with Gasteiger partial charge >= 0.3 is 0 Å². The lowest BCUT2D eigenvalue weighted by Crippen LogP contribution is -2.38. The van der Waals surface area contributed by atoms with Gasteiger partial charge in [0.1, 0.15) is 0 Å². The fraction of sp³-hybridized carbons (Fsp3) is 1.00. The molecule has 3 nitrogen and oxygen atoms in total. The summed E-state index contributed by atoms with van der Waals surface area (Å²) < 4.78 is 16.6. The first kappa shape index (κ1) is 11.0. The van der Waals surface area contributed by atoms with E-state index in [2.05, 4.69) is 16.3 Å². The van der Waals surface area contributed by atoms with E-state index in [1.807, 2.05) is 20.8 Å². The zero-order valence-electron chi connectivity index (χ0n) is 9.04. The third-order valence-corrected chi connectivity index (χ3v) is 4.55. The topological polar surface area (TPSA) is 32.7 Å². The van der Waals surface area contributed by atoms with Crippen molar-refractivity contribution in [3.63, 3.8) is 0 Å². The SMILES string of the molecule is CN1CCS(=O)(=NC(C)(C)C)CC1. The molecular weight excluding hydrogens is 184 g/mol. The van der Waals surface area contributed by atoms with Gasteiger partial charge in [-0.25, -0.2) is 8.57 Å². The van der Waals surface area contributed by atoms with Crippen molar-refractivity contribution in [1.82, 2.24) is 4.90 Å². The van der Waals surface area contributed by atoms with Crippen LogP contribution >= 0.6 is 0 Å². The molecule has 0 saturated carbocycles. The van der Waals surface area contributed by atoms with Gasteiger partial charge in [0, 0.05) is 34.3 Å². The summed E-state index contributed by atoms with van der Waals surface area (Å²) in [4.78, 5) is 2.21. The highest BCUT2D eigenvalue weighted by molar-refractivity contribution is 7.93. The maximum atomic E-state index is 12.2. The molecule has 0 aliphatic carbocycles. The second-order valence-corrected chi connectivity index (χ2v) is 7.29. The molecule has 4 heteroatoms. The molecule has 1 aliphatic heterocycles. The average molecular weight is 204 g/mol. The van der Waals surface area contributed by atoms with E-state index >= 15 is 0 Å². The molecule has 0 atom stereocenters. The monoisotopic (exact) mass is 204 g/mol. The zero-order chi connectivity index (χ0) is 10.1. The molecule has 0 radical (unpaired) electrons. The molecule has 0 aromatic rings. The lowest BCUT2D eigenvalue weighted by molar-refractivity contribution is 0.365. The molecule has 1 fully saturated rings. The van der Waals surface area contributed by atoms with E-state index in [9.17, 15) is 4.21 Å². The van der Waals surface area contributed by atoms with Crippen LogP contribution in [0, 0.1) is 0 Å². The Balaban J connectivity index is 2.79. The van der Waals surface area contributed by atoms with Crippen LogP contribution < -0.4 is 0 Å². The van der Waals surface area contributed by atoms with Crippen LogP contribution in [-0.2, 0) is 9.73 Å². The van der Waals surface area contributed by atoms with Crippen LogP contribution in [0.25, 0.3) is 0 Å². The molecule has 0 aromatic heterocycles. The Morgan fingerprint density at radius 1 is 1.23 bits per heavy atom. The van der Waals surface area contributed by atoms with Crippen molar-refractivity contribution in [3.05, 3.63) is 0 Å². The Morgan fingerprint density at radius 3 is 2.08 bits per heavy atom. The highest BCUT2D eigenvalue weighted by atomic mass is 32.2. The molecule has 0 aromatic carbocycles. The zero-order valence-corrected chi connectivity index (χ0v) is 9.86. The van der Waals surface area contributed by atoms with Crippen LogP contribution in [0.2, 0.25) is 0 Å². The quantitative estimate of drug-likeness (QED) is 0.594. The van der Waals surface area contributed by atoms with Crippen LogP contribution in [0.4, 0.5) is 0 Å². The number of nitrogens with zero attached hydrogens (tertiary/aromatic N) is 2. The van der Waals surface area contributed by atoms with Crippen molar-refractivity contribution in [2.75, 3.05) is 31.6 Å². The Labute approximate surface area is 81.7 Å². The van der Waals surface area contributed by atoms with Crippen LogP contribution in [0.1, 0.15) is 20.8 Å². The largest absolute Gasteiger partial charge is 0.304 e. The van der Waals surface area contributed by atoms with E-state index in [0.717, 1.165) is 24.6 Å². The predicted molar refractivity (Wildman–Crippen MR) is 57.6 cm³/mol. The van der Waals surface area contributed by atoms with Gasteiger partial charge in [0.25, 0.3) is 0 Å². The number of hydrogen-bond acceptors (Lipinski definition) is 3. The van der Waals surface area contributed by atoms with Gasteiger partial charge < -0.3 is 4.90 Å². The van der Waals surface area contributed by atoms with E-state index in [1.54, 1.807) is 0 Å². The Morgan fingerprint density at radius 2 is 1.69 bits per heavy atom. The summed E-state index contributed by atoms with van der Waals surface area (Å²) in [7, 11) is 0.168. The van der Waals surface area contributed by atoms with Gasteiger partial charge in [-0.3, -0.25) is 0 Å². The standard InChI is InChI=1S/C9H20N2OS/c1-9(2,3)10-13(12)7-5-11(4)6-8-13/h5-8H2,1-4H3. The first-order chi connectivity index (χ1) is 5.81.